The van der Waals surface area contributed by atoms with Crippen LogP contribution in [-0.2, 0) is 4.79 Å². The predicted molar refractivity (Wildman–Crippen MR) is 57.3 cm³/mol. The Morgan fingerprint density at radius 3 is 2.87 bits per heavy atom. The molecule has 2 aliphatic rings. The number of aliphatic hydroxyl groups is 1. The topological polar surface area (TPSA) is 52.6 Å². The van der Waals surface area contributed by atoms with Crippen molar-refractivity contribution < 1.29 is 9.90 Å². The second-order valence-electron chi connectivity index (χ2n) is 4.81. The lowest BCUT2D eigenvalue weighted by Crippen LogP contribution is -2.47. The van der Waals surface area contributed by atoms with E-state index in [2.05, 4.69) is 5.32 Å². The highest BCUT2D eigenvalue weighted by atomic mass is 16.3. The average Bonchev–Trinajstić information content (AvgIpc) is 2.74. The van der Waals surface area contributed by atoms with Crippen LogP contribution in [-0.4, -0.2) is 48.2 Å². The molecule has 2 fully saturated rings. The lowest BCUT2D eigenvalue weighted by molar-refractivity contribution is -0.138. The van der Waals surface area contributed by atoms with E-state index in [1.54, 1.807) is 0 Å². The zero-order valence-electron chi connectivity index (χ0n) is 9.28. The van der Waals surface area contributed by atoms with Crippen LogP contribution in [0.25, 0.3) is 0 Å². The number of amides is 1. The molecule has 0 aromatic carbocycles. The molecule has 0 spiro atoms. The van der Waals surface area contributed by atoms with Crippen molar-refractivity contribution in [2.75, 3.05) is 26.2 Å². The highest BCUT2D eigenvalue weighted by Gasteiger charge is 2.32. The standard InChI is InChI=1S/C11H20N2O2/c1-8-7-13(5-3-10(8)14)11(15)9-2-4-12-6-9/h8-10,12,14H,2-7H2,1H3. The second kappa shape index (κ2) is 4.49. The summed E-state index contributed by atoms with van der Waals surface area (Å²) in [6, 6.07) is 0. The number of hydrogen-bond donors (Lipinski definition) is 2. The van der Waals surface area contributed by atoms with E-state index in [1.807, 2.05) is 11.8 Å². The van der Waals surface area contributed by atoms with Gasteiger partial charge in [0.2, 0.25) is 5.91 Å². The maximum Gasteiger partial charge on any atom is 0.227 e. The van der Waals surface area contributed by atoms with Crippen LogP contribution >= 0.6 is 0 Å². The fourth-order valence-corrected chi connectivity index (χ4v) is 2.46. The van der Waals surface area contributed by atoms with E-state index in [9.17, 15) is 9.90 Å². The predicted octanol–water partition coefficient (Wildman–Crippen LogP) is -0.175. The van der Waals surface area contributed by atoms with Crippen LogP contribution in [0.5, 0.6) is 0 Å². The summed E-state index contributed by atoms with van der Waals surface area (Å²) in [5.74, 6) is 0.670. The molecule has 1 amide bonds. The highest BCUT2D eigenvalue weighted by molar-refractivity contribution is 5.79. The van der Waals surface area contributed by atoms with E-state index in [4.69, 9.17) is 0 Å². The van der Waals surface area contributed by atoms with Gasteiger partial charge >= 0.3 is 0 Å². The molecule has 4 nitrogen and oxygen atoms in total. The van der Waals surface area contributed by atoms with Gasteiger partial charge in [-0.1, -0.05) is 6.92 Å². The Balaban J connectivity index is 1.90. The third kappa shape index (κ3) is 2.32. The van der Waals surface area contributed by atoms with Gasteiger partial charge in [-0.05, 0) is 25.3 Å². The molecular weight excluding hydrogens is 192 g/mol. The molecule has 3 atom stereocenters. The van der Waals surface area contributed by atoms with E-state index in [-0.39, 0.29) is 23.8 Å². The number of carbonyl (C=O) groups excluding carboxylic acids is 1. The molecule has 2 saturated heterocycles. The van der Waals surface area contributed by atoms with Crippen molar-refractivity contribution in [2.45, 2.75) is 25.9 Å². The van der Waals surface area contributed by atoms with Crippen molar-refractivity contribution in [1.82, 2.24) is 10.2 Å². The Hall–Kier alpha value is -0.610. The van der Waals surface area contributed by atoms with Crippen LogP contribution in [0.2, 0.25) is 0 Å². The van der Waals surface area contributed by atoms with Crippen molar-refractivity contribution in [3.63, 3.8) is 0 Å². The Morgan fingerprint density at radius 1 is 1.47 bits per heavy atom. The molecule has 0 saturated carbocycles. The minimum Gasteiger partial charge on any atom is -0.393 e. The van der Waals surface area contributed by atoms with Crippen LogP contribution in [0.3, 0.4) is 0 Å². The summed E-state index contributed by atoms with van der Waals surface area (Å²) in [6.07, 6.45) is 1.47. The number of hydrogen-bond acceptors (Lipinski definition) is 3. The van der Waals surface area contributed by atoms with Crippen LogP contribution in [0.4, 0.5) is 0 Å². The normalized spacial score (nSPS) is 36.9. The van der Waals surface area contributed by atoms with Gasteiger partial charge in [0.25, 0.3) is 0 Å². The average molecular weight is 212 g/mol. The molecular formula is C11H20N2O2. The monoisotopic (exact) mass is 212 g/mol. The highest BCUT2D eigenvalue weighted by Crippen LogP contribution is 2.20. The summed E-state index contributed by atoms with van der Waals surface area (Å²) in [5.41, 5.74) is 0. The van der Waals surface area contributed by atoms with Gasteiger partial charge in [0.15, 0.2) is 0 Å². The van der Waals surface area contributed by atoms with Gasteiger partial charge in [-0.2, -0.15) is 0 Å². The quantitative estimate of drug-likeness (QED) is 0.634. The van der Waals surface area contributed by atoms with Crippen molar-refractivity contribution in [3.05, 3.63) is 0 Å². The fourth-order valence-electron chi connectivity index (χ4n) is 2.46. The zero-order valence-corrected chi connectivity index (χ0v) is 9.28. The first-order valence-electron chi connectivity index (χ1n) is 5.86. The Labute approximate surface area is 90.6 Å². The second-order valence-corrected chi connectivity index (χ2v) is 4.81. The van der Waals surface area contributed by atoms with Crippen LogP contribution in [0, 0.1) is 11.8 Å². The number of nitrogens with one attached hydrogen (secondary N) is 1. The van der Waals surface area contributed by atoms with Gasteiger partial charge in [-0.15, -0.1) is 0 Å². The van der Waals surface area contributed by atoms with Gasteiger partial charge in [-0.25, -0.2) is 0 Å². The first kappa shape index (κ1) is 10.9. The van der Waals surface area contributed by atoms with E-state index in [1.165, 1.54) is 0 Å². The number of piperidine rings is 1. The molecule has 86 valence electrons. The summed E-state index contributed by atoms with van der Waals surface area (Å²) in [5, 5.41) is 12.8. The molecule has 4 heteroatoms. The van der Waals surface area contributed by atoms with Gasteiger partial charge in [-0.3, -0.25) is 4.79 Å². The fraction of sp³-hybridized carbons (Fsp3) is 0.909. The number of carbonyl (C=O) groups is 1. The Kier molecular flexibility index (Phi) is 3.26. The maximum atomic E-state index is 12.1. The van der Waals surface area contributed by atoms with Crippen LogP contribution in [0.15, 0.2) is 0 Å². The Bertz CT molecular complexity index is 239. The maximum absolute atomic E-state index is 12.1. The van der Waals surface area contributed by atoms with Crippen LogP contribution in [0.1, 0.15) is 19.8 Å². The summed E-state index contributed by atoms with van der Waals surface area (Å²) >= 11 is 0. The summed E-state index contributed by atoms with van der Waals surface area (Å²) in [4.78, 5) is 14.0. The van der Waals surface area contributed by atoms with Gasteiger partial charge in [0, 0.05) is 19.6 Å². The minimum absolute atomic E-state index is 0.174. The van der Waals surface area contributed by atoms with Gasteiger partial charge in [0.1, 0.15) is 0 Å². The first-order chi connectivity index (χ1) is 7.18. The molecule has 2 N–H and O–H groups in total. The number of nitrogens with zero attached hydrogens (tertiary/aromatic N) is 1. The molecule has 0 radical (unpaired) electrons. The summed E-state index contributed by atoms with van der Waals surface area (Å²) in [7, 11) is 0. The number of likely N-dealkylation sites (tertiary alicyclic amines) is 1. The zero-order chi connectivity index (χ0) is 10.8. The van der Waals surface area contributed by atoms with Crippen molar-refractivity contribution in [1.29, 1.82) is 0 Å². The molecule has 2 heterocycles. The minimum atomic E-state index is -0.226. The van der Waals surface area contributed by atoms with Gasteiger partial charge in [0.05, 0.1) is 12.0 Å². The van der Waals surface area contributed by atoms with Crippen molar-refractivity contribution >= 4 is 5.91 Å². The van der Waals surface area contributed by atoms with E-state index < -0.39 is 0 Å². The molecule has 3 unspecified atom stereocenters. The summed E-state index contributed by atoms with van der Waals surface area (Å²) in [6.45, 7) is 5.24. The van der Waals surface area contributed by atoms with Gasteiger partial charge < -0.3 is 15.3 Å². The molecule has 2 rings (SSSR count). The van der Waals surface area contributed by atoms with Crippen molar-refractivity contribution in [2.24, 2.45) is 11.8 Å². The van der Waals surface area contributed by atoms with Crippen molar-refractivity contribution in [3.8, 4) is 0 Å². The molecule has 0 aliphatic carbocycles. The SMILES string of the molecule is CC1CN(C(=O)C2CCNC2)CCC1O. The molecule has 15 heavy (non-hydrogen) atoms. The molecule has 0 aromatic heterocycles. The molecule has 0 bridgehead atoms. The third-order valence-electron chi connectivity index (χ3n) is 3.58. The third-order valence-corrected chi connectivity index (χ3v) is 3.58. The first-order valence-corrected chi connectivity index (χ1v) is 5.86. The Morgan fingerprint density at radius 2 is 2.27 bits per heavy atom. The summed E-state index contributed by atoms with van der Waals surface area (Å²) < 4.78 is 0. The molecule has 2 aliphatic heterocycles. The lowest BCUT2D eigenvalue weighted by Gasteiger charge is -2.35. The molecule has 0 aromatic rings. The smallest absolute Gasteiger partial charge is 0.227 e. The van der Waals surface area contributed by atoms with E-state index in [0.717, 1.165) is 39.0 Å². The lowest BCUT2D eigenvalue weighted by atomic mass is 9.95. The van der Waals surface area contributed by atoms with Crippen LogP contribution < -0.4 is 5.32 Å². The van der Waals surface area contributed by atoms with E-state index in [0.29, 0.717) is 0 Å². The largest absolute Gasteiger partial charge is 0.393 e. The van der Waals surface area contributed by atoms with E-state index >= 15 is 0 Å². The number of aliphatic hydroxyl groups excluding tert-OH is 1. The number of rotatable bonds is 1.